The molecule has 2 saturated heterocycles. The van der Waals surface area contributed by atoms with E-state index in [0.29, 0.717) is 31.0 Å². The van der Waals surface area contributed by atoms with Gasteiger partial charge in [0.05, 0.1) is 32.8 Å². The number of aliphatic hydroxyl groups excluding tert-OH is 1. The van der Waals surface area contributed by atoms with E-state index in [9.17, 15) is 14.7 Å². The minimum atomic E-state index is -0.497. The minimum absolute atomic E-state index is 0.0892. The summed E-state index contributed by atoms with van der Waals surface area (Å²) in [7, 11) is 0. The van der Waals surface area contributed by atoms with Crippen molar-refractivity contribution in [2.75, 3.05) is 39.5 Å². The zero-order valence-corrected chi connectivity index (χ0v) is 21.8. The Labute approximate surface area is 217 Å². The van der Waals surface area contributed by atoms with Crippen LogP contribution in [-0.2, 0) is 20.8 Å². The number of hydrogen-bond donors (Lipinski definition) is 2. The Kier molecular flexibility index (Phi) is 6.28. The highest BCUT2D eigenvalue weighted by Gasteiger charge is 2.45. The summed E-state index contributed by atoms with van der Waals surface area (Å²) in [6.07, 6.45) is 4.05. The van der Waals surface area contributed by atoms with E-state index >= 15 is 0 Å². The first-order chi connectivity index (χ1) is 17.7. The summed E-state index contributed by atoms with van der Waals surface area (Å²) in [5.41, 5.74) is 1.91. The maximum atomic E-state index is 13.1. The fourth-order valence-electron chi connectivity index (χ4n) is 6.63. The largest absolute Gasteiger partial charge is 0.489 e. The average Bonchev–Trinajstić information content (AvgIpc) is 3.41. The third-order valence-electron chi connectivity index (χ3n) is 8.66. The molecule has 2 amide bonds. The summed E-state index contributed by atoms with van der Waals surface area (Å²) in [5.74, 6) is 0.308. The molecule has 2 N–H and O–H groups in total. The van der Waals surface area contributed by atoms with Gasteiger partial charge >= 0.3 is 11.8 Å². The maximum absolute atomic E-state index is 13.1. The monoisotopic (exact) mass is 512 g/mol. The van der Waals surface area contributed by atoms with Gasteiger partial charge in [0.25, 0.3) is 5.91 Å². The van der Waals surface area contributed by atoms with Crippen LogP contribution in [0.4, 0.5) is 0 Å². The molecule has 37 heavy (non-hydrogen) atoms. The molecule has 0 bridgehead atoms. The van der Waals surface area contributed by atoms with Crippen molar-refractivity contribution in [3.63, 3.8) is 0 Å². The van der Waals surface area contributed by atoms with E-state index in [0.717, 1.165) is 70.1 Å². The van der Waals surface area contributed by atoms with E-state index in [4.69, 9.17) is 14.2 Å². The quantitative estimate of drug-likeness (QED) is 0.537. The smallest absolute Gasteiger partial charge is 0.388 e. The number of fused-ring (bicyclic) bond motifs is 1. The number of aliphatic hydroxyl groups is 1. The number of nitrogens with zero attached hydrogens (tertiary/aromatic N) is 2. The number of rotatable bonds is 8. The minimum Gasteiger partial charge on any atom is -0.489 e. The van der Waals surface area contributed by atoms with Crippen LogP contribution in [0.1, 0.15) is 61.9 Å². The fourth-order valence-corrected chi connectivity index (χ4v) is 6.63. The molecule has 6 rings (SSSR count). The van der Waals surface area contributed by atoms with E-state index in [1.165, 1.54) is 0 Å². The van der Waals surface area contributed by atoms with Crippen LogP contribution in [0, 0.1) is 10.8 Å². The predicted octanol–water partition coefficient (Wildman–Crippen LogP) is 1.04. The third kappa shape index (κ3) is 4.77. The van der Waals surface area contributed by atoms with Gasteiger partial charge in [0.2, 0.25) is 0 Å². The van der Waals surface area contributed by atoms with E-state index in [2.05, 4.69) is 23.7 Å². The van der Waals surface area contributed by atoms with Gasteiger partial charge in [-0.1, -0.05) is 13.8 Å². The van der Waals surface area contributed by atoms with Crippen LogP contribution in [0.15, 0.2) is 18.2 Å². The van der Waals surface area contributed by atoms with Gasteiger partial charge in [-0.2, -0.15) is 0 Å². The van der Waals surface area contributed by atoms with Gasteiger partial charge in [0, 0.05) is 42.1 Å². The molecule has 3 atom stereocenters. The van der Waals surface area contributed by atoms with Crippen molar-refractivity contribution in [1.29, 1.82) is 0 Å². The van der Waals surface area contributed by atoms with Gasteiger partial charge in [-0.15, -0.1) is 4.99 Å². The lowest BCUT2D eigenvalue weighted by Crippen LogP contribution is -2.82. The molecule has 0 spiro atoms. The highest BCUT2D eigenvalue weighted by molar-refractivity contribution is 6.01. The van der Waals surface area contributed by atoms with Crippen molar-refractivity contribution in [2.24, 2.45) is 10.8 Å². The molecule has 0 radical (unpaired) electrons. The zero-order chi connectivity index (χ0) is 25.8. The summed E-state index contributed by atoms with van der Waals surface area (Å²) >= 11 is 0. The number of nitrogens with one attached hydrogen (secondary N) is 1. The predicted molar refractivity (Wildman–Crippen MR) is 134 cm³/mol. The molecule has 200 valence electrons. The Balaban J connectivity index is 1.17. The molecule has 3 fully saturated rings. The number of carbonyl (C=O) groups is 2. The van der Waals surface area contributed by atoms with Crippen LogP contribution in [0.25, 0.3) is 0 Å². The Bertz CT molecular complexity index is 1090. The standard InChI is InChI=1S/C28H37N3O6/c1-27(14-35-15-27)12-30(13-28(2)16-36-17-28)21-4-3-5-23(21)37-19-6-7-20-18(10-19)11-31(26(20)34)22-8-9-24(32)29-25(22)33/h6-7,10,21-23H,3-5,8-9,11-17H2,1-2H3,(H,29,32,33)/p+1/t21-,22?,23+/m0/s1. The SMILES string of the molecule is CC1(CN(CC2(C)COC2)[C@H]2CCC[C@H]2Oc2ccc3c(c2)CN(C2CCC(=O)[NH+]=C2O)C3=O)COC1. The Morgan fingerprint density at radius 2 is 1.78 bits per heavy atom. The number of hydrogen-bond acceptors (Lipinski definition) is 6. The van der Waals surface area contributed by atoms with Crippen LogP contribution < -0.4 is 9.73 Å². The zero-order valence-electron chi connectivity index (χ0n) is 21.8. The highest BCUT2D eigenvalue weighted by Crippen LogP contribution is 2.38. The van der Waals surface area contributed by atoms with Gasteiger partial charge in [-0.3, -0.25) is 9.69 Å². The Hall–Kier alpha value is -2.49. The van der Waals surface area contributed by atoms with Gasteiger partial charge < -0.3 is 24.2 Å². The number of ether oxygens (including phenoxy) is 3. The average molecular weight is 513 g/mol. The molecular weight excluding hydrogens is 474 g/mol. The maximum Gasteiger partial charge on any atom is 0.388 e. The lowest BCUT2D eigenvalue weighted by molar-refractivity contribution is -0.394. The van der Waals surface area contributed by atoms with Gasteiger partial charge in [0.1, 0.15) is 11.9 Å². The molecule has 9 nitrogen and oxygen atoms in total. The van der Waals surface area contributed by atoms with Crippen LogP contribution >= 0.6 is 0 Å². The first kappa shape index (κ1) is 24.8. The Morgan fingerprint density at radius 1 is 1.08 bits per heavy atom. The van der Waals surface area contributed by atoms with Crippen LogP contribution in [-0.4, -0.2) is 90.3 Å². The summed E-state index contributed by atoms with van der Waals surface area (Å²) in [4.78, 5) is 31.4. The van der Waals surface area contributed by atoms with Gasteiger partial charge in [-0.05, 0) is 49.4 Å². The van der Waals surface area contributed by atoms with Crippen molar-refractivity contribution in [3.05, 3.63) is 29.3 Å². The van der Waals surface area contributed by atoms with Crippen molar-refractivity contribution in [2.45, 2.75) is 70.7 Å². The van der Waals surface area contributed by atoms with E-state index < -0.39 is 6.04 Å². The number of amides is 2. The number of benzene rings is 1. The van der Waals surface area contributed by atoms with E-state index in [-0.39, 0.29) is 34.6 Å². The first-order valence-corrected chi connectivity index (χ1v) is 13.6. The second-order valence-electron chi connectivity index (χ2n) is 12.4. The summed E-state index contributed by atoms with van der Waals surface area (Å²) in [6, 6.07) is 5.55. The topological polar surface area (TPSA) is 103 Å². The molecule has 1 saturated carbocycles. The van der Waals surface area contributed by atoms with Crippen molar-refractivity contribution in [1.82, 2.24) is 9.80 Å². The molecule has 1 aromatic rings. The summed E-state index contributed by atoms with van der Waals surface area (Å²) in [6.45, 7) is 10.2. The van der Waals surface area contributed by atoms with Crippen molar-refractivity contribution in [3.8, 4) is 5.75 Å². The lowest BCUT2D eigenvalue weighted by Gasteiger charge is -2.49. The molecule has 1 aromatic carbocycles. The van der Waals surface area contributed by atoms with Crippen LogP contribution in [0.2, 0.25) is 0 Å². The molecule has 9 heteroatoms. The normalized spacial score (nSPS) is 30.1. The summed E-state index contributed by atoms with van der Waals surface area (Å²) in [5, 5.41) is 10.3. The molecule has 5 aliphatic rings. The van der Waals surface area contributed by atoms with E-state index in [1.54, 1.807) is 4.90 Å². The third-order valence-corrected chi connectivity index (χ3v) is 8.66. The fraction of sp³-hybridized carbons (Fsp3) is 0.679. The molecule has 0 aromatic heterocycles. The first-order valence-electron chi connectivity index (χ1n) is 13.6. The van der Waals surface area contributed by atoms with Crippen molar-refractivity contribution >= 4 is 17.7 Å². The van der Waals surface area contributed by atoms with Gasteiger partial charge in [-0.25, -0.2) is 4.79 Å². The van der Waals surface area contributed by atoms with Crippen LogP contribution in [0.3, 0.4) is 0 Å². The van der Waals surface area contributed by atoms with Crippen molar-refractivity contribution < 1.29 is 33.9 Å². The Morgan fingerprint density at radius 3 is 2.41 bits per heavy atom. The number of carbonyl (C=O) groups excluding carboxylic acids is 2. The second-order valence-corrected chi connectivity index (χ2v) is 12.4. The molecule has 1 aliphatic carbocycles. The second kappa shape index (κ2) is 9.36. The molecule has 4 heterocycles. The summed E-state index contributed by atoms with van der Waals surface area (Å²) < 4.78 is 17.7. The van der Waals surface area contributed by atoms with Gasteiger partial charge in [0.15, 0.2) is 6.04 Å². The molecular formula is C28H38N3O6+. The van der Waals surface area contributed by atoms with E-state index in [1.807, 2.05) is 18.2 Å². The molecule has 1 unspecified atom stereocenters. The van der Waals surface area contributed by atoms with Crippen LogP contribution in [0.5, 0.6) is 5.75 Å². The molecule has 4 aliphatic heterocycles. The highest BCUT2D eigenvalue weighted by atomic mass is 16.5. The lowest BCUT2D eigenvalue weighted by atomic mass is 9.83.